The molecule has 2 N–H and O–H groups in total. The largest absolute Gasteiger partial charge is 0.399 e. The van der Waals surface area contributed by atoms with Crippen molar-refractivity contribution in [3.05, 3.63) is 64.7 Å². The second-order valence-corrected chi connectivity index (χ2v) is 5.14. The minimum absolute atomic E-state index is 0.0579. The molecule has 0 aliphatic carbocycles. The summed E-state index contributed by atoms with van der Waals surface area (Å²) < 4.78 is 0. The van der Waals surface area contributed by atoms with Gasteiger partial charge < -0.3 is 10.6 Å². The van der Waals surface area contributed by atoms with Gasteiger partial charge in [0.1, 0.15) is 0 Å². The Balaban J connectivity index is 2.22. The van der Waals surface area contributed by atoms with Gasteiger partial charge in [-0.3, -0.25) is 4.79 Å². The predicted molar refractivity (Wildman–Crippen MR) is 82.8 cm³/mol. The summed E-state index contributed by atoms with van der Waals surface area (Å²) >= 11 is 6.18. The topological polar surface area (TPSA) is 46.3 Å². The Labute approximate surface area is 124 Å². The second-order valence-electron chi connectivity index (χ2n) is 4.74. The van der Waals surface area contributed by atoms with Crippen LogP contribution >= 0.6 is 11.6 Å². The molecule has 20 heavy (non-hydrogen) atoms. The molecule has 0 bridgehead atoms. The standard InChI is InChI=1S/C16H17ClN2O/c1-11(14-5-3-4-6-15(14)17)19(2)16(20)12-7-9-13(18)10-8-12/h3-11H,18H2,1-2H3. The highest BCUT2D eigenvalue weighted by molar-refractivity contribution is 6.31. The summed E-state index contributed by atoms with van der Waals surface area (Å²) in [5.74, 6) is -0.0579. The number of carbonyl (C=O) groups is 1. The van der Waals surface area contributed by atoms with Crippen molar-refractivity contribution < 1.29 is 4.79 Å². The zero-order valence-corrected chi connectivity index (χ0v) is 12.3. The highest BCUT2D eigenvalue weighted by atomic mass is 35.5. The maximum Gasteiger partial charge on any atom is 0.254 e. The molecule has 2 aromatic rings. The third-order valence-electron chi connectivity index (χ3n) is 3.41. The Morgan fingerprint density at radius 2 is 1.75 bits per heavy atom. The van der Waals surface area contributed by atoms with E-state index in [0.717, 1.165) is 5.56 Å². The molecule has 0 aromatic heterocycles. The van der Waals surface area contributed by atoms with Crippen LogP contribution in [0.5, 0.6) is 0 Å². The molecule has 0 saturated heterocycles. The maximum absolute atomic E-state index is 12.4. The first-order chi connectivity index (χ1) is 9.50. The first-order valence-electron chi connectivity index (χ1n) is 6.38. The minimum Gasteiger partial charge on any atom is -0.399 e. The Bertz CT molecular complexity index is 610. The smallest absolute Gasteiger partial charge is 0.254 e. The van der Waals surface area contributed by atoms with E-state index >= 15 is 0 Å². The highest BCUT2D eigenvalue weighted by Gasteiger charge is 2.20. The number of rotatable bonds is 3. The molecule has 0 fully saturated rings. The lowest BCUT2D eigenvalue weighted by Gasteiger charge is -2.26. The van der Waals surface area contributed by atoms with Crippen LogP contribution < -0.4 is 5.73 Å². The lowest BCUT2D eigenvalue weighted by molar-refractivity contribution is 0.0743. The highest BCUT2D eigenvalue weighted by Crippen LogP contribution is 2.27. The molecule has 0 aliphatic heterocycles. The third-order valence-corrected chi connectivity index (χ3v) is 3.76. The van der Waals surface area contributed by atoms with Gasteiger partial charge in [0.05, 0.1) is 6.04 Å². The van der Waals surface area contributed by atoms with Crippen LogP contribution in [0.3, 0.4) is 0 Å². The van der Waals surface area contributed by atoms with Crippen molar-refractivity contribution in [1.29, 1.82) is 0 Å². The summed E-state index contributed by atoms with van der Waals surface area (Å²) in [7, 11) is 1.77. The van der Waals surface area contributed by atoms with Gasteiger partial charge in [0.15, 0.2) is 0 Å². The molecule has 0 aliphatic rings. The van der Waals surface area contributed by atoms with Crippen LogP contribution in [0.2, 0.25) is 5.02 Å². The van der Waals surface area contributed by atoms with E-state index in [1.807, 2.05) is 31.2 Å². The number of anilines is 1. The van der Waals surface area contributed by atoms with Gasteiger partial charge in [-0.05, 0) is 42.8 Å². The Hall–Kier alpha value is -2.00. The molecular weight excluding hydrogens is 272 g/mol. The summed E-state index contributed by atoms with van der Waals surface area (Å²) in [4.78, 5) is 14.1. The molecule has 1 amide bonds. The zero-order valence-electron chi connectivity index (χ0n) is 11.5. The Kier molecular flexibility index (Phi) is 4.30. The van der Waals surface area contributed by atoms with E-state index < -0.39 is 0 Å². The fourth-order valence-electron chi connectivity index (χ4n) is 2.03. The van der Waals surface area contributed by atoms with Gasteiger partial charge in [-0.1, -0.05) is 29.8 Å². The molecular formula is C16H17ClN2O. The number of halogens is 1. The molecule has 0 heterocycles. The van der Waals surface area contributed by atoms with Gasteiger partial charge in [0.2, 0.25) is 0 Å². The predicted octanol–water partition coefficient (Wildman–Crippen LogP) is 3.76. The first kappa shape index (κ1) is 14.4. The van der Waals surface area contributed by atoms with Crippen LogP contribution in [0, 0.1) is 0 Å². The van der Waals surface area contributed by atoms with Crippen molar-refractivity contribution in [2.75, 3.05) is 12.8 Å². The molecule has 4 heteroatoms. The van der Waals surface area contributed by atoms with Crippen molar-refractivity contribution in [2.24, 2.45) is 0 Å². The number of hydrogen-bond donors (Lipinski definition) is 1. The monoisotopic (exact) mass is 288 g/mol. The van der Waals surface area contributed by atoms with E-state index in [9.17, 15) is 4.79 Å². The molecule has 0 saturated carbocycles. The fourth-order valence-corrected chi connectivity index (χ4v) is 2.32. The Morgan fingerprint density at radius 1 is 1.15 bits per heavy atom. The van der Waals surface area contributed by atoms with Crippen LogP contribution in [0.25, 0.3) is 0 Å². The molecule has 2 rings (SSSR count). The van der Waals surface area contributed by atoms with E-state index in [1.54, 1.807) is 36.2 Å². The third kappa shape index (κ3) is 2.94. The first-order valence-corrected chi connectivity index (χ1v) is 6.75. The molecule has 2 aromatic carbocycles. The second kappa shape index (κ2) is 5.97. The van der Waals surface area contributed by atoms with Crippen molar-refractivity contribution in [2.45, 2.75) is 13.0 Å². The molecule has 0 spiro atoms. The summed E-state index contributed by atoms with van der Waals surface area (Å²) in [6.45, 7) is 1.95. The fraction of sp³-hybridized carbons (Fsp3) is 0.188. The number of hydrogen-bond acceptors (Lipinski definition) is 2. The Morgan fingerprint density at radius 3 is 2.35 bits per heavy atom. The van der Waals surface area contributed by atoms with Crippen LogP contribution in [-0.2, 0) is 0 Å². The number of nitrogens with zero attached hydrogens (tertiary/aromatic N) is 1. The van der Waals surface area contributed by atoms with E-state index in [1.165, 1.54) is 0 Å². The van der Waals surface area contributed by atoms with E-state index in [0.29, 0.717) is 16.3 Å². The molecule has 104 valence electrons. The molecule has 3 nitrogen and oxygen atoms in total. The van der Waals surface area contributed by atoms with Gasteiger partial charge in [-0.2, -0.15) is 0 Å². The summed E-state index contributed by atoms with van der Waals surface area (Å²) in [6, 6.07) is 14.4. The number of nitrogens with two attached hydrogens (primary N) is 1. The summed E-state index contributed by atoms with van der Waals surface area (Å²) in [5.41, 5.74) is 7.82. The van der Waals surface area contributed by atoms with Crippen LogP contribution in [0.4, 0.5) is 5.69 Å². The normalized spacial score (nSPS) is 11.9. The number of benzene rings is 2. The van der Waals surface area contributed by atoms with Crippen molar-refractivity contribution in [1.82, 2.24) is 4.90 Å². The van der Waals surface area contributed by atoms with Gasteiger partial charge in [0, 0.05) is 23.3 Å². The van der Waals surface area contributed by atoms with Crippen molar-refractivity contribution >= 4 is 23.2 Å². The van der Waals surface area contributed by atoms with E-state index in [4.69, 9.17) is 17.3 Å². The number of amides is 1. The number of nitrogen functional groups attached to an aromatic ring is 1. The maximum atomic E-state index is 12.4. The quantitative estimate of drug-likeness (QED) is 0.874. The van der Waals surface area contributed by atoms with E-state index in [2.05, 4.69) is 0 Å². The van der Waals surface area contributed by atoms with Crippen molar-refractivity contribution in [3.63, 3.8) is 0 Å². The minimum atomic E-state index is -0.103. The SMILES string of the molecule is CC(c1ccccc1Cl)N(C)C(=O)c1ccc(N)cc1. The van der Waals surface area contributed by atoms with Gasteiger partial charge >= 0.3 is 0 Å². The van der Waals surface area contributed by atoms with E-state index in [-0.39, 0.29) is 11.9 Å². The number of carbonyl (C=O) groups excluding carboxylic acids is 1. The molecule has 0 radical (unpaired) electrons. The van der Waals surface area contributed by atoms with Crippen LogP contribution in [-0.4, -0.2) is 17.9 Å². The summed E-state index contributed by atoms with van der Waals surface area (Å²) in [6.07, 6.45) is 0. The van der Waals surface area contributed by atoms with Gasteiger partial charge in [-0.25, -0.2) is 0 Å². The van der Waals surface area contributed by atoms with Crippen LogP contribution in [0.15, 0.2) is 48.5 Å². The zero-order chi connectivity index (χ0) is 14.7. The van der Waals surface area contributed by atoms with Crippen molar-refractivity contribution in [3.8, 4) is 0 Å². The average Bonchev–Trinajstić information content (AvgIpc) is 2.46. The van der Waals surface area contributed by atoms with Gasteiger partial charge in [0.25, 0.3) is 5.91 Å². The average molecular weight is 289 g/mol. The lowest BCUT2D eigenvalue weighted by Crippen LogP contribution is -2.29. The lowest BCUT2D eigenvalue weighted by atomic mass is 10.1. The van der Waals surface area contributed by atoms with Crippen LogP contribution in [0.1, 0.15) is 28.9 Å². The molecule has 1 unspecified atom stereocenters. The van der Waals surface area contributed by atoms with Gasteiger partial charge in [-0.15, -0.1) is 0 Å². The molecule has 1 atom stereocenters. The summed E-state index contributed by atoms with van der Waals surface area (Å²) in [5, 5.41) is 0.664.